The van der Waals surface area contributed by atoms with E-state index in [1.54, 1.807) is 25.3 Å². The van der Waals surface area contributed by atoms with Gasteiger partial charge in [0.05, 0.1) is 37.6 Å². The van der Waals surface area contributed by atoms with Crippen LogP contribution in [0.3, 0.4) is 0 Å². The summed E-state index contributed by atoms with van der Waals surface area (Å²) < 4.78 is 37.6. The van der Waals surface area contributed by atoms with Gasteiger partial charge in [-0.05, 0) is 87.4 Å². The molecule has 1 saturated heterocycles. The van der Waals surface area contributed by atoms with Crippen molar-refractivity contribution in [3.8, 4) is 28.7 Å². The fraction of sp³-hybridized carbons (Fsp3) is 0.375. The number of hydrogen-bond donors (Lipinski definition) is 0. The highest BCUT2D eigenvalue weighted by Gasteiger charge is 2.32. The number of benzene rings is 3. The second-order valence-electron chi connectivity index (χ2n) is 10.3. The Balaban J connectivity index is 1.10. The lowest BCUT2D eigenvalue weighted by atomic mass is 10.1. The molecule has 0 bridgehead atoms. The number of aryl methyl sites for hydroxylation is 2. The number of halogens is 1. The van der Waals surface area contributed by atoms with Gasteiger partial charge in [0.25, 0.3) is 5.91 Å². The molecule has 2 aliphatic rings. The van der Waals surface area contributed by atoms with Crippen molar-refractivity contribution in [3.05, 3.63) is 70.5 Å². The molecule has 3 aromatic rings. The molecule has 0 saturated carbocycles. The van der Waals surface area contributed by atoms with Gasteiger partial charge >= 0.3 is 0 Å². The zero-order valence-electron chi connectivity index (χ0n) is 23.5. The van der Waals surface area contributed by atoms with E-state index in [1.165, 1.54) is 6.07 Å². The van der Waals surface area contributed by atoms with Crippen LogP contribution in [0.1, 0.15) is 52.7 Å². The van der Waals surface area contributed by atoms with Crippen molar-refractivity contribution < 1.29 is 28.1 Å². The van der Waals surface area contributed by atoms with E-state index in [1.807, 2.05) is 50.1 Å². The first kappa shape index (κ1) is 27.5. The highest BCUT2D eigenvalue weighted by molar-refractivity contribution is 6.03. The fourth-order valence-electron chi connectivity index (χ4n) is 5.05. The SMILES string of the molecule is COc1cc(Oc2ccc(OCCCCOc3cc4c(cc3C)C(=O)N3CCC[C@H]3C=N4)cc2F)cc(C)c1C. The number of carbonyl (C=O) groups is 1. The van der Waals surface area contributed by atoms with Crippen LogP contribution in [0.4, 0.5) is 10.1 Å². The minimum atomic E-state index is -0.502. The van der Waals surface area contributed by atoms with E-state index in [4.69, 9.17) is 18.9 Å². The van der Waals surface area contributed by atoms with Crippen LogP contribution in [0.15, 0.2) is 47.5 Å². The number of aliphatic imine (C=N–C) groups is 1. The summed E-state index contributed by atoms with van der Waals surface area (Å²) in [4.78, 5) is 19.5. The lowest BCUT2D eigenvalue weighted by Crippen LogP contribution is -2.35. The monoisotopic (exact) mass is 546 g/mol. The fourth-order valence-corrected chi connectivity index (χ4v) is 5.05. The number of methoxy groups -OCH3 is 1. The van der Waals surface area contributed by atoms with Gasteiger partial charge in [-0.15, -0.1) is 0 Å². The third kappa shape index (κ3) is 5.91. The number of fused-ring (bicyclic) bond motifs is 2. The Morgan fingerprint density at radius 1 is 0.925 bits per heavy atom. The number of ether oxygens (including phenoxy) is 4. The average molecular weight is 547 g/mol. The van der Waals surface area contributed by atoms with Crippen LogP contribution in [0.5, 0.6) is 28.7 Å². The lowest BCUT2D eigenvalue weighted by molar-refractivity contribution is 0.0774. The lowest BCUT2D eigenvalue weighted by Gasteiger charge is -2.20. The highest BCUT2D eigenvalue weighted by atomic mass is 19.1. The van der Waals surface area contributed by atoms with Gasteiger partial charge in [-0.25, -0.2) is 4.39 Å². The van der Waals surface area contributed by atoms with Gasteiger partial charge in [0.1, 0.15) is 23.0 Å². The van der Waals surface area contributed by atoms with E-state index in [-0.39, 0.29) is 17.7 Å². The van der Waals surface area contributed by atoms with Crippen LogP contribution in [0.25, 0.3) is 0 Å². The first-order valence-electron chi connectivity index (χ1n) is 13.7. The maximum atomic E-state index is 14.7. The maximum Gasteiger partial charge on any atom is 0.256 e. The highest BCUT2D eigenvalue weighted by Crippen LogP contribution is 2.35. The standard InChI is InChI=1S/C32H35FN2O5/c1-20-14-25(17-31(37-4)22(20)3)40-29-10-9-24(16-27(29)33)38-12-5-6-13-39-30-18-28-26(15-21(30)2)32(36)35-11-7-8-23(35)19-34-28/h9-10,14-19,23H,5-8,11-13H2,1-4H3/t23-/m0/s1. The maximum absolute atomic E-state index is 14.7. The Bertz CT molecular complexity index is 1440. The molecule has 3 aromatic carbocycles. The molecule has 5 rings (SSSR count). The predicted octanol–water partition coefficient (Wildman–Crippen LogP) is 7.11. The van der Waals surface area contributed by atoms with Crippen molar-refractivity contribution >= 4 is 17.8 Å². The molecule has 2 heterocycles. The molecule has 1 fully saturated rings. The summed E-state index contributed by atoms with van der Waals surface area (Å²) in [7, 11) is 1.60. The Kier molecular flexibility index (Phi) is 8.24. The molecule has 7 nitrogen and oxygen atoms in total. The topological polar surface area (TPSA) is 69.6 Å². The number of carbonyl (C=O) groups excluding carboxylic acids is 1. The van der Waals surface area contributed by atoms with Crippen LogP contribution >= 0.6 is 0 Å². The van der Waals surface area contributed by atoms with Crippen molar-refractivity contribution in [3.63, 3.8) is 0 Å². The van der Waals surface area contributed by atoms with Crippen molar-refractivity contribution in [2.45, 2.75) is 52.5 Å². The van der Waals surface area contributed by atoms with Crippen LogP contribution < -0.4 is 18.9 Å². The minimum absolute atomic E-state index is 0.0447. The van der Waals surface area contributed by atoms with E-state index in [0.29, 0.717) is 41.7 Å². The van der Waals surface area contributed by atoms with E-state index in [9.17, 15) is 9.18 Å². The Morgan fingerprint density at radius 2 is 1.73 bits per heavy atom. The molecule has 0 aromatic heterocycles. The van der Waals surface area contributed by atoms with Crippen molar-refractivity contribution in [1.29, 1.82) is 0 Å². The Labute approximate surface area is 234 Å². The van der Waals surface area contributed by atoms with Gasteiger partial charge in [-0.2, -0.15) is 0 Å². The van der Waals surface area contributed by atoms with E-state index >= 15 is 0 Å². The summed E-state index contributed by atoms with van der Waals surface area (Å²) in [6.07, 6.45) is 5.35. The molecule has 1 atom stereocenters. The summed E-state index contributed by atoms with van der Waals surface area (Å²) in [5, 5.41) is 0. The summed E-state index contributed by atoms with van der Waals surface area (Å²) in [6.45, 7) is 7.57. The van der Waals surface area contributed by atoms with Crippen LogP contribution in [-0.2, 0) is 0 Å². The second kappa shape index (κ2) is 12.0. The third-order valence-corrected chi connectivity index (χ3v) is 7.48. The number of nitrogens with zero attached hydrogens (tertiary/aromatic N) is 2. The van der Waals surface area contributed by atoms with Gasteiger partial charge in [-0.1, -0.05) is 0 Å². The zero-order valence-corrected chi connectivity index (χ0v) is 23.5. The molecule has 0 aliphatic carbocycles. The number of amides is 1. The molecular weight excluding hydrogens is 511 g/mol. The van der Waals surface area contributed by atoms with E-state index < -0.39 is 5.82 Å². The van der Waals surface area contributed by atoms with Crippen molar-refractivity contribution in [1.82, 2.24) is 4.90 Å². The van der Waals surface area contributed by atoms with Crippen LogP contribution in [0.2, 0.25) is 0 Å². The quantitative estimate of drug-likeness (QED) is 0.254. The van der Waals surface area contributed by atoms with Crippen molar-refractivity contribution in [2.75, 3.05) is 26.9 Å². The molecule has 2 aliphatic heterocycles. The summed E-state index contributed by atoms with van der Waals surface area (Å²) in [6, 6.07) is 12.0. The van der Waals surface area contributed by atoms with Gasteiger partial charge in [-0.3, -0.25) is 9.79 Å². The number of hydrogen-bond acceptors (Lipinski definition) is 6. The second-order valence-corrected chi connectivity index (χ2v) is 10.3. The Morgan fingerprint density at radius 3 is 2.50 bits per heavy atom. The van der Waals surface area contributed by atoms with Gasteiger partial charge < -0.3 is 23.8 Å². The molecule has 0 unspecified atom stereocenters. The van der Waals surface area contributed by atoms with E-state index in [0.717, 1.165) is 54.7 Å². The molecule has 210 valence electrons. The smallest absolute Gasteiger partial charge is 0.256 e. The normalized spacial score (nSPS) is 15.9. The van der Waals surface area contributed by atoms with Gasteiger partial charge in [0.2, 0.25) is 0 Å². The molecular formula is C32H35FN2O5. The van der Waals surface area contributed by atoms with Gasteiger partial charge in [0.15, 0.2) is 11.6 Å². The number of rotatable bonds is 10. The first-order chi connectivity index (χ1) is 19.3. The van der Waals surface area contributed by atoms with Crippen LogP contribution in [0, 0.1) is 26.6 Å². The number of unbranched alkanes of at least 4 members (excludes halogenated alkanes) is 1. The molecule has 0 radical (unpaired) electrons. The average Bonchev–Trinajstić information content (AvgIpc) is 3.37. The van der Waals surface area contributed by atoms with Gasteiger partial charge in [0, 0.05) is 31.0 Å². The van der Waals surface area contributed by atoms with E-state index in [2.05, 4.69) is 4.99 Å². The van der Waals surface area contributed by atoms with Crippen molar-refractivity contribution in [2.24, 2.45) is 4.99 Å². The summed E-state index contributed by atoms with van der Waals surface area (Å²) >= 11 is 0. The largest absolute Gasteiger partial charge is 0.496 e. The molecule has 0 spiro atoms. The Hall–Kier alpha value is -4.07. The van der Waals surface area contributed by atoms with Crippen LogP contribution in [-0.4, -0.2) is 49.9 Å². The summed E-state index contributed by atoms with van der Waals surface area (Å²) in [5.74, 6) is 2.03. The zero-order chi connectivity index (χ0) is 28.2. The molecule has 40 heavy (non-hydrogen) atoms. The third-order valence-electron chi connectivity index (χ3n) is 7.48. The minimum Gasteiger partial charge on any atom is -0.496 e. The summed E-state index contributed by atoms with van der Waals surface area (Å²) in [5.41, 5.74) is 4.22. The first-order valence-corrected chi connectivity index (χ1v) is 13.7. The molecule has 8 heteroatoms. The molecule has 1 amide bonds. The molecule has 0 N–H and O–H groups in total. The predicted molar refractivity (Wildman–Crippen MR) is 153 cm³/mol.